The van der Waals surface area contributed by atoms with E-state index >= 15 is 0 Å². The average molecular weight is 360 g/mol. The molecule has 0 saturated carbocycles. The van der Waals surface area contributed by atoms with E-state index in [0.717, 1.165) is 56.0 Å². The number of piperidine rings is 2. The smallest absolute Gasteiger partial charge is 0.410 e. The topological polar surface area (TPSA) is 45.7 Å². The van der Waals surface area contributed by atoms with E-state index in [0.29, 0.717) is 0 Å². The number of likely N-dealkylation sites (tertiary alicyclic amines) is 1. The first-order valence-electron chi connectivity index (χ1n) is 10.1. The average Bonchev–Trinajstić information content (AvgIpc) is 2.61. The maximum absolute atomic E-state index is 12.7. The molecule has 0 N–H and O–H groups in total. The van der Waals surface area contributed by atoms with Gasteiger partial charge in [0.1, 0.15) is 11.4 Å². The summed E-state index contributed by atoms with van der Waals surface area (Å²) in [6, 6.07) is 4.39. The van der Waals surface area contributed by atoms with Crippen molar-refractivity contribution >= 4 is 11.9 Å². The van der Waals surface area contributed by atoms with Gasteiger partial charge in [-0.05, 0) is 77.8 Å². The minimum Gasteiger partial charge on any atom is -0.444 e. The van der Waals surface area contributed by atoms with Gasteiger partial charge >= 0.3 is 6.09 Å². The second kappa shape index (κ2) is 7.85. The third-order valence-corrected chi connectivity index (χ3v) is 5.28. The van der Waals surface area contributed by atoms with Crippen LogP contribution < -0.4 is 4.90 Å². The van der Waals surface area contributed by atoms with Crippen LogP contribution in [0.5, 0.6) is 0 Å². The van der Waals surface area contributed by atoms with Crippen molar-refractivity contribution in [1.29, 1.82) is 0 Å². The number of aryl methyl sites for hydroxylation is 1. The summed E-state index contributed by atoms with van der Waals surface area (Å²) in [4.78, 5) is 21.9. The van der Waals surface area contributed by atoms with Gasteiger partial charge in [0.05, 0.1) is 6.04 Å². The SMILES string of the molecule is Cc1nc(N2CCCCC2)ccc1[C@@H]1CCCCN1C(=O)OC(C)(C)C. The fourth-order valence-corrected chi connectivity index (χ4v) is 4.00. The Bertz CT molecular complexity index is 633. The Hall–Kier alpha value is -1.78. The Morgan fingerprint density at radius 3 is 2.42 bits per heavy atom. The number of pyridine rings is 1. The Morgan fingerprint density at radius 2 is 1.77 bits per heavy atom. The molecule has 5 nitrogen and oxygen atoms in total. The number of nitrogens with zero attached hydrogens (tertiary/aromatic N) is 3. The molecule has 5 heteroatoms. The number of hydrogen-bond acceptors (Lipinski definition) is 4. The van der Waals surface area contributed by atoms with E-state index in [1.807, 2.05) is 25.7 Å². The molecule has 0 aromatic carbocycles. The highest BCUT2D eigenvalue weighted by Gasteiger charge is 2.32. The molecule has 3 rings (SSSR count). The van der Waals surface area contributed by atoms with Gasteiger partial charge in [-0.15, -0.1) is 0 Å². The predicted molar refractivity (Wildman–Crippen MR) is 105 cm³/mol. The molecule has 2 fully saturated rings. The Labute approximate surface area is 157 Å². The first kappa shape index (κ1) is 19.0. The number of hydrogen-bond donors (Lipinski definition) is 0. The summed E-state index contributed by atoms with van der Waals surface area (Å²) in [5.41, 5.74) is 1.73. The molecular weight excluding hydrogens is 326 g/mol. The number of rotatable bonds is 2. The van der Waals surface area contributed by atoms with Crippen LogP contribution in [0.4, 0.5) is 10.6 Å². The number of carbonyl (C=O) groups excluding carboxylic acids is 1. The molecule has 1 aromatic heterocycles. The quantitative estimate of drug-likeness (QED) is 0.758. The van der Waals surface area contributed by atoms with Crippen LogP contribution in [0, 0.1) is 6.92 Å². The van der Waals surface area contributed by atoms with Crippen LogP contribution in [0.1, 0.15) is 76.6 Å². The molecule has 2 aliphatic heterocycles. The molecule has 3 heterocycles. The minimum absolute atomic E-state index is 0.0708. The maximum atomic E-state index is 12.7. The molecule has 144 valence electrons. The number of amides is 1. The van der Waals surface area contributed by atoms with Gasteiger partial charge in [-0.25, -0.2) is 9.78 Å². The van der Waals surface area contributed by atoms with Gasteiger partial charge < -0.3 is 14.5 Å². The van der Waals surface area contributed by atoms with Gasteiger partial charge in [-0.1, -0.05) is 6.07 Å². The first-order valence-corrected chi connectivity index (χ1v) is 10.1. The molecule has 26 heavy (non-hydrogen) atoms. The lowest BCUT2D eigenvalue weighted by atomic mass is 9.94. The highest BCUT2D eigenvalue weighted by atomic mass is 16.6. The van der Waals surface area contributed by atoms with Gasteiger partial charge in [0.25, 0.3) is 0 Å². The normalized spacial score (nSPS) is 21.6. The largest absolute Gasteiger partial charge is 0.444 e. The van der Waals surface area contributed by atoms with Gasteiger partial charge in [-0.2, -0.15) is 0 Å². The van der Waals surface area contributed by atoms with E-state index in [4.69, 9.17) is 9.72 Å². The number of ether oxygens (including phenoxy) is 1. The third-order valence-electron chi connectivity index (χ3n) is 5.28. The van der Waals surface area contributed by atoms with Crippen LogP contribution in [-0.4, -0.2) is 41.2 Å². The van der Waals surface area contributed by atoms with Crippen molar-refractivity contribution in [3.05, 3.63) is 23.4 Å². The standard InChI is InChI=1S/C21H33N3O2/c1-16-17(11-12-19(22-16)23-13-7-5-8-14-23)18-10-6-9-15-24(18)20(25)26-21(2,3)4/h11-12,18H,5-10,13-15H2,1-4H3/t18-/m0/s1. The fraction of sp³-hybridized carbons (Fsp3) is 0.714. The Balaban J connectivity index is 1.79. The van der Waals surface area contributed by atoms with E-state index in [2.05, 4.69) is 24.0 Å². The summed E-state index contributed by atoms with van der Waals surface area (Å²) in [7, 11) is 0. The summed E-state index contributed by atoms with van der Waals surface area (Å²) < 4.78 is 5.65. The maximum Gasteiger partial charge on any atom is 0.410 e. The second-order valence-corrected chi connectivity index (χ2v) is 8.58. The van der Waals surface area contributed by atoms with Crippen molar-refractivity contribution in [2.45, 2.75) is 77.9 Å². The molecule has 2 aliphatic rings. The molecule has 1 amide bonds. The zero-order valence-electron chi connectivity index (χ0n) is 16.8. The van der Waals surface area contributed by atoms with Crippen molar-refractivity contribution < 1.29 is 9.53 Å². The minimum atomic E-state index is -0.468. The summed E-state index contributed by atoms with van der Waals surface area (Å²) >= 11 is 0. The number of carbonyl (C=O) groups is 1. The molecule has 2 saturated heterocycles. The van der Waals surface area contributed by atoms with Gasteiger partial charge in [0, 0.05) is 25.3 Å². The van der Waals surface area contributed by atoms with Gasteiger partial charge in [-0.3, -0.25) is 0 Å². The number of anilines is 1. The lowest BCUT2D eigenvalue weighted by Gasteiger charge is -2.37. The zero-order valence-corrected chi connectivity index (χ0v) is 16.8. The van der Waals surface area contributed by atoms with Crippen molar-refractivity contribution in [3.8, 4) is 0 Å². The monoisotopic (exact) mass is 359 g/mol. The lowest BCUT2D eigenvalue weighted by molar-refractivity contribution is 0.00942. The molecule has 1 aromatic rings. The molecule has 0 bridgehead atoms. The highest BCUT2D eigenvalue weighted by molar-refractivity contribution is 5.69. The first-order chi connectivity index (χ1) is 12.3. The van der Waals surface area contributed by atoms with E-state index < -0.39 is 5.60 Å². The summed E-state index contributed by atoms with van der Waals surface area (Å²) in [5, 5.41) is 0. The van der Waals surface area contributed by atoms with E-state index in [9.17, 15) is 4.79 Å². The zero-order chi connectivity index (χ0) is 18.7. The van der Waals surface area contributed by atoms with Crippen molar-refractivity contribution in [2.75, 3.05) is 24.5 Å². The predicted octanol–water partition coefficient (Wildman–Crippen LogP) is 4.84. The van der Waals surface area contributed by atoms with Crippen molar-refractivity contribution in [1.82, 2.24) is 9.88 Å². The van der Waals surface area contributed by atoms with Crippen molar-refractivity contribution in [3.63, 3.8) is 0 Å². The van der Waals surface area contributed by atoms with Crippen LogP contribution in [0.2, 0.25) is 0 Å². The summed E-state index contributed by atoms with van der Waals surface area (Å²) in [6.07, 6.45) is 6.76. The van der Waals surface area contributed by atoms with Crippen LogP contribution in [0.25, 0.3) is 0 Å². The molecule has 0 aliphatic carbocycles. The number of aromatic nitrogens is 1. The van der Waals surface area contributed by atoms with Crippen molar-refractivity contribution in [2.24, 2.45) is 0 Å². The molecule has 0 spiro atoms. The summed E-state index contributed by atoms with van der Waals surface area (Å²) in [5.74, 6) is 1.07. The van der Waals surface area contributed by atoms with E-state index in [-0.39, 0.29) is 12.1 Å². The van der Waals surface area contributed by atoms with Gasteiger partial charge in [0.2, 0.25) is 0 Å². The highest BCUT2D eigenvalue weighted by Crippen LogP contribution is 2.34. The summed E-state index contributed by atoms with van der Waals surface area (Å²) in [6.45, 7) is 10.8. The Morgan fingerprint density at radius 1 is 1.08 bits per heavy atom. The molecule has 0 radical (unpaired) electrons. The van der Waals surface area contributed by atoms with E-state index in [1.165, 1.54) is 19.3 Å². The Kier molecular flexibility index (Phi) is 5.73. The fourth-order valence-electron chi connectivity index (χ4n) is 4.00. The molecule has 0 unspecified atom stereocenters. The molecular formula is C21H33N3O2. The second-order valence-electron chi connectivity index (χ2n) is 8.58. The van der Waals surface area contributed by atoms with Crippen LogP contribution >= 0.6 is 0 Å². The van der Waals surface area contributed by atoms with E-state index in [1.54, 1.807) is 0 Å². The van der Waals surface area contributed by atoms with Crippen LogP contribution in [0.3, 0.4) is 0 Å². The van der Waals surface area contributed by atoms with Crippen LogP contribution in [-0.2, 0) is 4.74 Å². The third kappa shape index (κ3) is 4.49. The van der Waals surface area contributed by atoms with Crippen LogP contribution in [0.15, 0.2) is 12.1 Å². The lowest BCUT2D eigenvalue weighted by Crippen LogP contribution is -2.42. The van der Waals surface area contributed by atoms with Gasteiger partial charge in [0.15, 0.2) is 0 Å². The molecule has 1 atom stereocenters.